The Morgan fingerprint density at radius 1 is 0.382 bits per heavy atom. The van der Waals surface area contributed by atoms with Crippen molar-refractivity contribution in [3.8, 4) is 0 Å². The maximum atomic E-state index is 12.7. The summed E-state index contributed by atoms with van der Waals surface area (Å²) in [5.74, 6) is -1.000. The van der Waals surface area contributed by atoms with Gasteiger partial charge in [-0.2, -0.15) is 0 Å². The number of carbonyl (C=O) groups excluding carboxylic acids is 3. The van der Waals surface area contributed by atoms with Crippen LogP contribution in [-0.4, -0.2) is 37.2 Å². The third-order valence-electron chi connectivity index (χ3n) is 8.71. The van der Waals surface area contributed by atoms with Crippen molar-refractivity contribution in [3.63, 3.8) is 0 Å². The van der Waals surface area contributed by atoms with E-state index in [1.165, 1.54) is 25.7 Å². The third-order valence-corrected chi connectivity index (χ3v) is 8.71. The van der Waals surface area contributed by atoms with Crippen molar-refractivity contribution in [1.29, 1.82) is 0 Å². The second kappa shape index (κ2) is 43.1. The normalized spacial score (nSPS) is 13.0. The first-order valence-corrected chi connectivity index (χ1v) is 21.8. The molecular weight excluding hydrogens is 685 g/mol. The minimum absolute atomic E-state index is 0.109. The molecule has 0 radical (unpaired) electrons. The number of hydrogen-bond acceptors (Lipinski definition) is 6. The van der Waals surface area contributed by atoms with Crippen molar-refractivity contribution in [2.45, 2.75) is 181 Å². The van der Waals surface area contributed by atoms with Gasteiger partial charge in [-0.25, -0.2) is 0 Å². The third kappa shape index (κ3) is 41.3. The molecule has 0 rings (SSSR count). The molecule has 0 saturated carbocycles. The number of rotatable bonds is 37. The molecule has 1 unspecified atom stereocenters. The number of ether oxygens (including phenoxy) is 3. The Hall–Kier alpha value is -3.67. The van der Waals surface area contributed by atoms with Gasteiger partial charge in [-0.1, -0.05) is 176 Å². The highest BCUT2D eigenvalue weighted by molar-refractivity contribution is 5.71. The highest BCUT2D eigenvalue weighted by atomic mass is 16.6. The first kappa shape index (κ1) is 51.3. The number of unbranched alkanes of at least 4 members (excludes halogenated alkanes) is 15. The molecular formula is C49H78O6. The molecule has 55 heavy (non-hydrogen) atoms. The molecule has 0 N–H and O–H groups in total. The molecule has 0 saturated heterocycles. The van der Waals surface area contributed by atoms with Gasteiger partial charge in [0, 0.05) is 19.3 Å². The summed E-state index contributed by atoms with van der Waals surface area (Å²) in [5.41, 5.74) is 0. The van der Waals surface area contributed by atoms with E-state index in [1.54, 1.807) is 0 Å². The Labute approximate surface area is 337 Å². The van der Waals surface area contributed by atoms with Gasteiger partial charge in [0.25, 0.3) is 0 Å². The first-order valence-electron chi connectivity index (χ1n) is 21.8. The summed E-state index contributed by atoms with van der Waals surface area (Å²) in [6.45, 7) is 6.23. The van der Waals surface area contributed by atoms with Crippen LogP contribution in [0.2, 0.25) is 0 Å². The molecule has 0 aliphatic heterocycles. The fraction of sp³-hybridized carbons (Fsp3) is 0.612. The maximum Gasteiger partial charge on any atom is 0.306 e. The number of allylic oxidation sites excluding steroid dienone is 16. The van der Waals surface area contributed by atoms with Crippen LogP contribution in [0.5, 0.6) is 0 Å². The van der Waals surface area contributed by atoms with E-state index in [0.29, 0.717) is 25.7 Å². The molecule has 0 heterocycles. The summed E-state index contributed by atoms with van der Waals surface area (Å²) in [5, 5.41) is 0. The number of carbonyl (C=O) groups is 3. The highest BCUT2D eigenvalue weighted by Crippen LogP contribution is 2.12. The molecule has 0 aromatic heterocycles. The van der Waals surface area contributed by atoms with Crippen molar-refractivity contribution in [2.75, 3.05) is 13.2 Å². The van der Waals surface area contributed by atoms with E-state index < -0.39 is 6.10 Å². The molecule has 0 amide bonds. The van der Waals surface area contributed by atoms with Gasteiger partial charge in [-0.05, 0) is 77.0 Å². The minimum atomic E-state index is -0.807. The van der Waals surface area contributed by atoms with Gasteiger partial charge in [-0.3, -0.25) is 14.4 Å². The molecule has 1 atom stereocenters. The predicted molar refractivity (Wildman–Crippen MR) is 233 cm³/mol. The Morgan fingerprint density at radius 2 is 0.745 bits per heavy atom. The average molecular weight is 763 g/mol. The Kier molecular flexibility index (Phi) is 40.2. The summed E-state index contributed by atoms with van der Waals surface area (Å²) in [6, 6.07) is 0. The number of esters is 3. The Bertz CT molecular complexity index is 1150. The molecule has 0 aromatic carbocycles. The lowest BCUT2D eigenvalue weighted by Gasteiger charge is -2.18. The summed E-state index contributed by atoms with van der Waals surface area (Å²) >= 11 is 0. The summed E-state index contributed by atoms with van der Waals surface area (Å²) in [6.07, 6.45) is 55.4. The lowest BCUT2D eigenvalue weighted by molar-refractivity contribution is -0.167. The van der Waals surface area contributed by atoms with Crippen LogP contribution in [-0.2, 0) is 28.6 Å². The van der Waals surface area contributed by atoms with E-state index >= 15 is 0 Å². The Morgan fingerprint density at radius 3 is 1.24 bits per heavy atom. The molecule has 0 fully saturated rings. The first-order chi connectivity index (χ1) is 27.0. The van der Waals surface area contributed by atoms with E-state index in [0.717, 1.165) is 103 Å². The van der Waals surface area contributed by atoms with E-state index in [1.807, 2.05) is 30.4 Å². The SMILES string of the molecule is CC\C=C/C=C\C=C/C=C\CCCCCCCC(=O)OCC(COC(=O)CCC/C=C\CCCCCC)OC(=O)CCCCCCC\C=C/C=C\C=C/CC. The largest absolute Gasteiger partial charge is 0.462 e. The van der Waals surface area contributed by atoms with Crippen LogP contribution in [0.3, 0.4) is 0 Å². The summed E-state index contributed by atoms with van der Waals surface area (Å²) in [7, 11) is 0. The lowest BCUT2D eigenvalue weighted by Crippen LogP contribution is -2.30. The molecule has 0 aliphatic rings. The summed E-state index contributed by atoms with van der Waals surface area (Å²) < 4.78 is 16.6. The van der Waals surface area contributed by atoms with Crippen LogP contribution in [0.25, 0.3) is 0 Å². The fourth-order valence-corrected chi connectivity index (χ4v) is 5.45. The molecule has 0 aromatic rings. The van der Waals surface area contributed by atoms with Gasteiger partial charge in [0.1, 0.15) is 13.2 Å². The fourth-order valence-electron chi connectivity index (χ4n) is 5.45. The molecule has 0 aliphatic carbocycles. The van der Waals surface area contributed by atoms with Crippen LogP contribution in [0, 0.1) is 0 Å². The van der Waals surface area contributed by atoms with Gasteiger partial charge in [0.05, 0.1) is 0 Å². The van der Waals surface area contributed by atoms with Crippen LogP contribution >= 0.6 is 0 Å². The molecule has 310 valence electrons. The average Bonchev–Trinajstić information content (AvgIpc) is 3.18. The summed E-state index contributed by atoms with van der Waals surface area (Å²) in [4.78, 5) is 37.6. The van der Waals surface area contributed by atoms with Gasteiger partial charge < -0.3 is 14.2 Å². The highest BCUT2D eigenvalue weighted by Gasteiger charge is 2.19. The molecule has 0 spiro atoms. The quantitative estimate of drug-likeness (QED) is 0.0206. The van der Waals surface area contributed by atoms with Gasteiger partial charge in [0.15, 0.2) is 6.10 Å². The lowest BCUT2D eigenvalue weighted by atomic mass is 10.1. The zero-order valence-corrected chi connectivity index (χ0v) is 35.1. The van der Waals surface area contributed by atoms with Crippen molar-refractivity contribution in [1.82, 2.24) is 0 Å². The maximum absolute atomic E-state index is 12.7. The topological polar surface area (TPSA) is 78.9 Å². The number of hydrogen-bond donors (Lipinski definition) is 0. The minimum Gasteiger partial charge on any atom is -0.462 e. The predicted octanol–water partition coefficient (Wildman–Crippen LogP) is 13.9. The van der Waals surface area contributed by atoms with Crippen LogP contribution < -0.4 is 0 Å². The van der Waals surface area contributed by atoms with Crippen molar-refractivity contribution >= 4 is 17.9 Å². The van der Waals surface area contributed by atoms with Gasteiger partial charge in [-0.15, -0.1) is 0 Å². The molecule has 6 nitrogen and oxygen atoms in total. The van der Waals surface area contributed by atoms with Crippen LogP contribution in [0.1, 0.15) is 175 Å². The van der Waals surface area contributed by atoms with Gasteiger partial charge in [0.2, 0.25) is 0 Å². The van der Waals surface area contributed by atoms with E-state index in [4.69, 9.17) is 14.2 Å². The van der Waals surface area contributed by atoms with E-state index in [-0.39, 0.29) is 31.1 Å². The zero-order valence-electron chi connectivity index (χ0n) is 35.1. The van der Waals surface area contributed by atoms with Crippen LogP contribution in [0.4, 0.5) is 0 Å². The zero-order chi connectivity index (χ0) is 40.1. The standard InChI is InChI=1S/C49H78O6/c1-4-7-10-13-16-19-21-23-24-26-27-30-33-36-39-42-48(51)54-45-46(44-53-47(50)41-38-35-32-29-18-15-12-9-6-3)55-49(52)43-40-37-34-31-28-25-22-20-17-14-11-8-5-2/h7-8,10-11,13-14,16-17,19-24,29,32,46H,4-6,9,12,15,18,25-28,30-31,33-45H2,1-3H3/b10-7-,11-8-,16-13-,17-14-,21-19-,22-20-,24-23-,32-29-. The van der Waals surface area contributed by atoms with Crippen LogP contribution in [0.15, 0.2) is 97.2 Å². The van der Waals surface area contributed by atoms with Crippen molar-refractivity contribution in [3.05, 3.63) is 97.2 Å². The van der Waals surface area contributed by atoms with E-state index in [9.17, 15) is 14.4 Å². The Balaban J connectivity index is 4.49. The molecule has 0 bridgehead atoms. The second-order valence-corrected chi connectivity index (χ2v) is 14.0. The molecule has 6 heteroatoms. The second-order valence-electron chi connectivity index (χ2n) is 14.0. The smallest absolute Gasteiger partial charge is 0.306 e. The van der Waals surface area contributed by atoms with Crippen molar-refractivity contribution < 1.29 is 28.6 Å². The van der Waals surface area contributed by atoms with Crippen molar-refractivity contribution in [2.24, 2.45) is 0 Å². The van der Waals surface area contributed by atoms with Gasteiger partial charge >= 0.3 is 17.9 Å². The van der Waals surface area contributed by atoms with E-state index in [2.05, 4.69) is 87.6 Å². The monoisotopic (exact) mass is 763 g/mol.